The van der Waals surface area contributed by atoms with Crippen LogP contribution < -0.4 is 5.32 Å². The maximum Gasteiger partial charge on any atom is 0.253 e. The second-order valence-electron chi connectivity index (χ2n) is 3.53. The van der Waals surface area contributed by atoms with Crippen molar-refractivity contribution in [3.05, 3.63) is 29.8 Å². The highest BCUT2D eigenvalue weighted by Crippen LogP contribution is 2.01. The summed E-state index contributed by atoms with van der Waals surface area (Å²) < 4.78 is 12.5. The molecular weight excluding hydrogens is 195 g/mol. The second-order valence-corrected chi connectivity index (χ2v) is 3.53. The Morgan fingerprint density at radius 2 is 2.33 bits per heavy atom. The lowest BCUT2D eigenvalue weighted by molar-refractivity contribution is 0.0938. The normalized spacial score (nSPS) is 12.2. The molecule has 1 rings (SSSR count). The SMILES string of the molecule is CCCC(C)NC(=O)c1ccc(F)nc1. The van der Waals surface area contributed by atoms with Crippen molar-refractivity contribution in [2.75, 3.05) is 0 Å². The van der Waals surface area contributed by atoms with Crippen LogP contribution in [-0.2, 0) is 0 Å². The molecular formula is C11H15FN2O. The van der Waals surface area contributed by atoms with E-state index in [1.807, 2.05) is 6.92 Å². The summed E-state index contributed by atoms with van der Waals surface area (Å²) in [4.78, 5) is 15.0. The van der Waals surface area contributed by atoms with E-state index < -0.39 is 5.95 Å². The first kappa shape index (κ1) is 11.6. The monoisotopic (exact) mass is 210 g/mol. The fourth-order valence-electron chi connectivity index (χ4n) is 1.32. The summed E-state index contributed by atoms with van der Waals surface area (Å²) >= 11 is 0. The molecule has 0 fully saturated rings. The fraction of sp³-hybridized carbons (Fsp3) is 0.455. The smallest absolute Gasteiger partial charge is 0.253 e. The number of rotatable bonds is 4. The van der Waals surface area contributed by atoms with Crippen LogP contribution in [0.15, 0.2) is 18.3 Å². The minimum absolute atomic E-state index is 0.132. The Labute approximate surface area is 88.7 Å². The van der Waals surface area contributed by atoms with Gasteiger partial charge in [0.2, 0.25) is 5.95 Å². The molecule has 4 heteroatoms. The standard InChI is InChI=1S/C11H15FN2O/c1-3-4-8(2)14-11(15)9-5-6-10(12)13-7-9/h5-8H,3-4H2,1-2H3,(H,14,15). The number of aromatic nitrogens is 1. The lowest BCUT2D eigenvalue weighted by Gasteiger charge is -2.12. The van der Waals surface area contributed by atoms with E-state index in [2.05, 4.69) is 17.2 Å². The molecule has 0 aliphatic rings. The molecule has 1 aromatic heterocycles. The summed E-state index contributed by atoms with van der Waals surface area (Å²) in [6, 6.07) is 2.74. The predicted octanol–water partition coefficient (Wildman–Crippen LogP) is 2.14. The summed E-state index contributed by atoms with van der Waals surface area (Å²) in [7, 11) is 0. The number of hydrogen-bond acceptors (Lipinski definition) is 2. The van der Waals surface area contributed by atoms with Crippen LogP contribution in [0, 0.1) is 5.95 Å². The molecule has 0 bridgehead atoms. The average Bonchev–Trinajstić information content (AvgIpc) is 2.18. The van der Waals surface area contributed by atoms with E-state index >= 15 is 0 Å². The van der Waals surface area contributed by atoms with E-state index in [-0.39, 0.29) is 11.9 Å². The van der Waals surface area contributed by atoms with Crippen LogP contribution >= 0.6 is 0 Å². The minimum Gasteiger partial charge on any atom is -0.350 e. The van der Waals surface area contributed by atoms with E-state index in [9.17, 15) is 9.18 Å². The maximum absolute atomic E-state index is 12.5. The third kappa shape index (κ3) is 3.65. The summed E-state index contributed by atoms with van der Waals surface area (Å²) in [5.74, 6) is -0.781. The number of carbonyl (C=O) groups excluding carboxylic acids is 1. The number of nitrogens with one attached hydrogen (secondary N) is 1. The van der Waals surface area contributed by atoms with Crippen LogP contribution in [0.3, 0.4) is 0 Å². The van der Waals surface area contributed by atoms with Crippen molar-refractivity contribution in [2.24, 2.45) is 0 Å². The molecule has 0 saturated carbocycles. The van der Waals surface area contributed by atoms with Crippen LogP contribution in [-0.4, -0.2) is 16.9 Å². The molecule has 3 nitrogen and oxygen atoms in total. The number of hydrogen-bond donors (Lipinski definition) is 1. The zero-order valence-electron chi connectivity index (χ0n) is 8.96. The molecule has 0 radical (unpaired) electrons. The highest BCUT2D eigenvalue weighted by atomic mass is 19.1. The van der Waals surface area contributed by atoms with Gasteiger partial charge < -0.3 is 5.32 Å². The van der Waals surface area contributed by atoms with Gasteiger partial charge in [-0.15, -0.1) is 0 Å². The molecule has 1 heterocycles. The minimum atomic E-state index is -0.576. The van der Waals surface area contributed by atoms with E-state index in [1.165, 1.54) is 18.3 Å². The Kier molecular flexibility index (Phi) is 4.21. The molecule has 0 spiro atoms. The molecule has 1 atom stereocenters. The molecule has 1 unspecified atom stereocenters. The van der Waals surface area contributed by atoms with Crippen molar-refractivity contribution in [2.45, 2.75) is 32.7 Å². The Morgan fingerprint density at radius 3 is 2.87 bits per heavy atom. The first-order valence-electron chi connectivity index (χ1n) is 5.06. The van der Waals surface area contributed by atoms with Crippen LogP contribution in [0.2, 0.25) is 0 Å². The van der Waals surface area contributed by atoms with E-state index in [1.54, 1.807) is 0 Å². The maximum atomic E-state index is 12.5. The van der Waals surface area contributed by atoms with Gasteiger partial charge in [0.25, 0.3) is 5.91 Å². The summed E-state index contributed by atoms with van der Waals surface area (Å²) in [5, 5.41) is 2.82. The van der Waals surface area contributed by atoms with Crippen molar-refractivity contribution in [1.29, 1.82) is 0 Å². The highest BCUT2D eigenvalue weighted by molar-refractivity contribution is 5.93. The zero-order chi connectivity index (χ0) is 11.3. The molecule has 0 saturated heterocycles. The van der Waals surface area contributed by atoms with Crippen molar-refractivity contribution in [1.82, 2.24) is 10.3 Å². The van der Waals surface area contributed by atoms with Gasteiger partial charge in [0, 0.05) is 12.2 Å². The average molecular weight is 210 g/mol. The highest BCUT2D eigenvalue weighted by Gasteiger charge is 2.09. The zero-order valence-corrected chi connectivity index (χ0v) is 8.96. The lowest BCUT2D eigenvalue weighted by Crippen LogP contribution is -2.32. The number of amides is 1. The van der Waals surface area contributed by atoms with Gasteiger partial charge in [-0.05, 0) is 25.5 Å². The molecule has 82 valence electrons. The summed E-state index contributed by atoms with van der Waals surface area (Å²) in [5.41, 5.74) is 0.388. The number of pyridine rings is 1. The third-order valence-corrected chi connectivity index (χ3v) is 2.09. The van der Waals surface area contributed by atoms with Gasteiger partial charge in [0.05, 0.1) is 5.56 Å². The van der Waals surface area contributed by atoms with Crippen molar-refractivity contribution < 1.29 is 9.18 Å². The molecule has 0 aliphatic carbocycles. The Bertz CT molecular complexity index is 324. The number of halogens is 1. The van der Waals surface area contributed by atoms with Gasteiger partial charge in [0.15, 0.2) is 0 Å². The fourth-order valence-corrected chi connectivity index (χ4v) is 1.32. The van der Waals surface area contributed by atoms with Crippen molar-refractivity contribution in [3.63, 3.8) is 0 Å². The number of carbonyl (C=O) groups is 1. The van der Waals surface area contributed by atoms with E-state index in [0.29, 0.717) is 5.56 Å². The topological polar surface area (TPSA) is 42.0 Å². The molecule has 0 aliphatic heterocycles. The van der Waals surface area contributed by atoms with Crippen LogP contribution in [0.25, 0.3) is 0 Å². The first-order valence-corrected chi connectivity index (χ1v) is 5.06. The first-order chi connectivity index (χ1) is 7.13. The van der Waals surface area contributed by atoms with Gasteiger partial charge in [-0.2, -0.15) is 4.39 Å². The lowest BCUT2D eigenvalue weighted by atomic mass is 10.2. The third-order valence-electron chi connectivity index (χ3n) is 2.09. The van der Waals surface area contributed by atoms with Gasteiger partial charge in [0.1, 0.15) is 0 Å². The molecule has 1 aromatic rings. The van der Waals surface area contributed by atoms with Crippen LogP contribution in [0.5, 0.6) is 0 Å². The van der Waals surface area contributed by atoms with Crippen molar-refractivity contribution >= 4 is 5.91 Å². The molecule has 15 heavy (non-hydrogen) atoms. The summed E-state index contributed by atoms with van der Waals surface area (Å²) in [6.07, 6.45) is 3.19. The number of nitrogens with zero attached hydrogens (tertiary/aromatic N) is 1. The largest absolute Gasteiger partial charge is 0.350 e. The molecule has 0 aromatic carbocycles. The van der Waals surface area contributed by atoms with E-state index in [4.69, 9.17) is 0 Å². The van der Waals surface area contributed by atoms with Gasteiger partial charge >= 0.3 is 0 Å². The van der Waals surface area contributed by atoms with Crippen LogP contribution in [0.1, 0.15) is 37.0 Å². The van der Waals surface area contributed by atoms with Gasteiger partial charge in [-0.1, -0.05) is 13.3 Å². The Balaban J connectivity index is 2.57. The van der Waals surface area contributed by atoms with Gasteiger partial charge in [-0.3, -0.25) is 4.79 Å². The quantitative estimate of drug-likeness (QED) is 0.773. The van der Waals surface area contributed by atoms with Crippen molar-refractivity contribution in [3.8, 4) is 0 Å². The molecule has 1 amide bonds. The van der Waals surface area contributed by atoms with Gasteiger partial charge in [-0.25, -0.2) is 4.98 Å². The predicted molar refractivity (Wildman–Crippen MR) is 56.0 cm³/mol. The van der Waals surface area contributed by atoms with Crippen LogP contribution in [0.4, 0.5) is 4.39 Å². The summed E-state index contributed by atoms with van der Waals surface area (Å²) in [6.45, 7) is 4.00. The Morgan fingerprint density at radius 1 is 1.60 bits per heavy atom. The van der Waals surface area contributed by atoms with E-state index in [0.717, 1.165) is 12.8 Å². The molecule has 1 N–H and O–H groups in total. The Hall–Kier alpha value is -1.45. The second kappa shape index (κ2) is 5.44.